The minimum Gasteiger partial charge on any atom is -0.497 e. The van der Waals surface area contributed by atoms with E-state index in [0.29, 0.717) is 17.9 Å². The SMILES string of the molecule is CCC(C)N(CC(=O)O)C(=O)Nc1ccc(OC)cc1C. The molecular weight excluding hydrogens is 272 g/mol. The zero-order valence-electron chi connectivity index (χ0n) is 12.8. The fourth-order valence-corrected chi connectivity index (χ4v) is 1.88. The Morgan fingerprint density at radius 2 is 2.10 bits per heavy atom. The normalized spacial score (nSPS) is 11.6. The van der Waals surface area contributed by atoms with Crippen molar-refractivity contribution in [1.29, 1.82) is 0 Å². The Bertz CT molecular complexity index is 516. The molecule has 1 aromatic rings. The quantitative estimate of drug-likeness (QED) is 0.845. The number of benzene rings is 1. The van der Waals surface area contributed by atoms with Gasteiger partial charge < -0.3 is 20.1 Å². The number of urea groups is 1. The van der Waals surface area contributed by atoms with Gasteiger partial charge in [0.15, 0.2) is 0 Å². The fourth-order valence-electron chi connectivity index (χ4n) is 1.88. The Morgan fingerprint density at radius 1 is 1.43 bits per heavy atom. The lowest BCUT2D eigenvalue weighted by Crippen LogP contribution is -2.44. The van der Waals surface area contributed by atoms with Crippen molar-refractivity contribution >= 4 is 17.7 Å². The average Bonchev–Trinajstić information content (AvgIpc) is 2.45. The summed E-state index contributed by atoms with van der Waals surface area (Å²) >= 11 is 0. The zero-order valence-corrected chi connectivity index (χ0v) is 12.8. The first-order chi connectivity index (χ1) is 9.88. The third-order valence-corrected chi connectivity index (χ3v) is 3.36. The maximum Gasteiger partial charge on any atom is 0.323 e. The number of aliphatic carboxylic acids is 1. The summed E-state index contributed by atoms with van der Waals surface area (Å²) in [5.41, 5.74) is 1.49. The molecule has 0 spiro atoms. The van der Waals surface area contributed by atoms with E-state index in [-0.39, 0.29) is 12.6 Å². The maximum atomic E-state index is 12.3. The van der Waals surface area contributed by atoms with Crippen LogP contribution in [-0.2, 0) is 4.79 Å². The second-order valence-corrected chi connectivity index (χ2v) is 4.89. The fraction of sp³-hybridized carbons (Fsp3) is 0.467. The van der Waals surface area contributed by atoms with Gasteiger partial charge in [-0.2, -0.15) is 0 Å². The number of carboxylic acid groups (broad SMARTS) is 1. The first kappa shape index (κ1) is 16.8. The van der Waals surface area contributed by atoms with Crippen LogP contribution in [0, 0.1) is 6.92 Å². The first-order valence-corrected chi connectivity index (χ1v) is 6.83. The molecule has 0 aliphatic carbocycles. The summed E-state index contributed by atoms with van der Waals surface area (Å²) in [6, 6.07) is 4.72. The molecule has 0 radical (unpaired) electrons. The van der Waals surface area contributed by atoms with Crippen LogP contribution < -0.4 is 10.1 Å². The van der Waals surface area contributed by atoms with Gasteiger partial charge in [0.25, 0.3) is 0 Å². The second kappa shape index (κ2) is 7.52. The van der Waals surface area contributed by atoms with E-state index in [1.54, 1.807) is 25.3 Å². The molecule has 1 rings (SSSR count). The van der Waals surface area contributed by atoms with E-state index < -0.39 is 12.0 Å². The smallest absolute Gasteiger partial charge is 0.323 e. The third-order valence-electron chi connectivity index (χ3n) is 3.36. The molecule has 6 heteroatoms. The second-order valence-electron chi connectivity index (χ2n) is 4.89. The number of aryl methyl sites for hydroxylation is 1. The number of carbonyl (C=O) groups is 2. The van der Waals surface area contributed by atoms with Gasteiger partial charge in [0, 0.05) is 11.7 Å². The molecule has 116 valence electrons. The molecule has 0 aliphatic rings. The molecule has 0 heterocycles. The van der Waals surface area contributed by atoms with Crippen molar-refractivity contribution in [2.45, 2.75) is 33.2 Å². The monoisotopic (exact) mass is 294 g/mol. The summed E-state index contributed by atoms with van der Waals surface area (Å²) in [5, 5.41) is 11.7. The summed E-state index contributed by atoms with van der Waals surface area (Å²) in [6.07, 6.45) is 0.683. The van der Waals surface area contributed by atoms with E-state index in [0.717, 1.165) is 5.56 Å². The van der Waals surface area contributed by atoms with E-state index in [4.69, 9.17) is 9.84 Å². The van der Waals surface area contributed by atoms with E-state index >= 15 is 0 Å². The molecule has 0 saturated carbocycles. The largest absolute Gasteiger partial charge is 0.497 e. The number of nitrogens with zero attached hydrogens (tertiary/aromatic N) is 1. The Balaban J connectivity index is 2.88. The van der Waals surface area contributed by atoms with Crippen LogP contribution in [0.5, 0.6) is 5.75 Å². The van der Waals surface area contributed by atoms with Crippen molar-refractivity contribution in [3.63, 3.8) is 0 Å². The number of ether oxygens (including phenoxy) is 1. The average molecular weight is 294 g/mol. The molecule has 2 amide bonds. The molecule has 21 heavy (non-hydrogen) atoms. The van der Waals surface area contributed by atoms with E-state index in [1.165, 1.54) is 4.90 Å². The molecule has 0 aromatic heterocycles. The zero-order chi connectivity index (χ0) is 16.0. The highest BCUT2D eigenvalue weighted by molar-refractivity contribution is 5.92. The van der Waals surface area contributed by atoms with Gasteiger partial charge >= 0.3 is 12.0 Å². The van der Waals surface area contributed by atoms with Crippen molar-refractivity contribution in [1.82, 2.24) is 4.90 Å². The lowest BCUT2D eigenvalue weighted by Gasteiger charge is -2.27. The molecule has 0 fully saturated rings. The summed E-state index contributed by atoms with van der Waals surface area (Å²) in [7, 11) is 1.57. The molecular formula is C15H22N2O4. The predicted molar refractivity (Wildman–Crippen MR) is 80.8 cm³/mol. The van der Waals surface area contributed by atoms with Crippen molar-refractivity contribution in [2.75, 3.05) is 19.0 Å². The molecule has 1 aromatic carbocycles. The minimum absolute atomic E-state index is 0.153. The van der Waals surface area contributed by atoms with E-state index in [1.807, 2.05) is 20.8 Å². The van der Waals surface area contributed by atoms with Gasteiger partial charge in [-0.3, -0.25) is 4.79 Å². The summed E-state index contributed by atoms with van der Waals surface area (Å²) in [5.74, 6) is -0.327. The number of hydrogen-bond acceptors (Lipinski definition) is 3. The van der Waals surface area contributed by atoms with Gasteiger partial charge in [0.2, 0.25) is 0 Å². The number of nitrogens with one attached hydrogen (secondary N) is 1. The van der Waals surface area contributed by atoms with Crippen LogP contribution in [-0.4, -0.2) is 41.7 Å². The summed E-state index contributed by atoms with van der Waals surface area (Å²) in [4.78, 5) is 24.5. The molecule has 0 aliphatic heterocycles. The van der Waals surface area contributed by atoms with E-state index in [2.05, 4.69) is 5.32 Å². The standard InChI is InChI=1S/C15H22N2O4/c1-5-11(3)17(9-14(18)19)15(20)16-13-7-6-12(21-4)8-10(13)2/h6-8,11H,5,9H2,1-4H3,(H,16,20)(H,18,19). The van der Waals surface area contributed by atoms with Crippen LogP contribution in [0.25, 0.3) is 0 Å². The van der Waals surface area contributed by atoms with E-state index in [9.17, 15) is 9.59 Å². The maximum absolute atomic E-state index is 12.3. The van der Waals surface area contributed by atoms with Crippen LogP contribution in [0.1, 0.15) is 25.8 Å². The van der Waals surface area contributed by atoms with Crippen molar-refractivity contribution in [2.24, 2.45) is 0 Å². The van der Waals surface area contributed by atoms with Gasteiger partial charge in [-0.25, -0.2) is 4.79 Å². The van der Waals surface area contributed by atoms with Crippen LogP contribution in [0.15, 0.2) is 18.2 Å². The molecule has 2 N–H and O–H groups in total. The molecule has 1 atom stereocenters. The van der Waals surface area contributed by atoms with Crippen LogP contribution in [0.4, 0.5) is 10.5 Å². The number of rotatable bonds is 6. The van der Waals surface area contributed by atoms with Crippen molar-refractivity contribution < 1.29 is 19.4 Å². The van der Waals surface area contributed by atoms with Crippen molar-refractivity contribution in [3.05, 3.63) is 23.8 Å². The number of amides is 2. The summed E-state index contributed by atoms with van der Waals surface area (Å²) in [6.45, 7) is 5.26. The predicted octanol–water partition coefficient (Wildman–Crippen LogP) is 2.72. The van der Waals surface area contributed by atoms with Gasteiger partial charge in [-0.05, 0) is 44.0 Å². The van der Waals surface area contributed by atoms with Crippen LogP contribution in [0.2, 0.25) is 0 Å². The van der Waals surface area contributed by atoms with Gasteiger partial charge in [0.05, 0.1) is 7.11 Å². The minimum atomic E-state index is -1.03. The molecule has 1 unspecified atom stereocenters. The van der Waals surface area contributed by atoms with Crippen LogP contribution >= 0.6 is 0 Å². The topological polar surface area (TPSA) is 78.9 Å². The molecule has 6 nitrogen and oxygen atoms in total. The lowest BCUT2D eigenvalue weighted by molar-refractivity contribution is -0.138. The Morgan fingerprint density at radius 3 is 2.57 bits per heavy atom. The lowest BCUT2D eigenvalue weighted by atomic mass is 10.2. The van der Waals surface area contributed by atoms with Gasteiger partial charge in [-0.15, -0.1) is 0 Å². The van der Waals surface area contributed by atoms with Gasteiger partial charge in [-0.1, -0.05) is 6.92 Å². The Hall–Kier alpha value is -2.24. The Kier molecular flexibility index (Phi) is 6.02. The first-order valence-electron chi connectivity index (χ1n) is 6.83. The highest BCUT2D eigenvalue weighted by Gasteiger charge is 2.22. The van der Waals surface area contributed by atoms with Crippen molar-refractivity contribution in [3.8, 4) is 5.75 Å². The number of anilines is 1. The molecule has 0 bridgehead atoms. The number of carboxylic acids is 1. The number of carbonyl (C=O) groups excluding carboxylic acids is 1. The summed E-state index contributed by atoms with van der Waals surface area (Å²) < 4.78 is 5.11. The Labute approximate surface area is 124 Å². The third kappa shape index (κ3) is 4.66. The highest BCUT2D eigenvalue weighted by Crippen LogP contribution is 2.21. The van der Waals surface area contributed by atoms with Crippen LogP contribution in [0.3, 0.4) is 0 Å². The number of methoxy groups -OCH3 is 1. The molecule has 0 saturated heterocycles. The highest BCUT2D eigenvalue weighted by atomic mass is 16.5. The van der Waals surface area contributed by atoms with Gasteiger partial charge in [0.1, 0.15) is 12.3 Å². The number of hydrogen-bond donors (Lipinski definition) is 2.